The molecule has 1 unspecified atom stereocenters. The second-order valence-corrected chi connectivity index (χ2v) is 8.88. The molecule has 1 aromatic rings. The lowest BCUT2D eigenvalue weighted by atomic mass is 9.67. The predicted molar refractivity (Wildman–Crippen MR) is 123 cm³/mol. The lowest BCUT2D eigenvalue weighted by Gasteiger charge is -2.42. The summed E-state index contributed by atoms with van der Waals surface area (Å²) >= 11 is 0. The molecule has 0 spiro atoms. The molecule has 0 radical (unpaired) electrons. The normalized spacial score (nSPS) is 21.8. The van der Waals surface area contributed by atoms with E-state index in [0.717, 1.165) is 58.3 Å². The molecule has 6 heteroatoms. The Balaban J connectivity index is 1.55. The van der Waals surface area contributed by atoms with Gasteiger partial charge in [-0.2, -0.15) is 0 Å². The number of morpholine rings is 1. The quantitative estimate of drug-likeness (QED) is 0.453. The highest BCUT2D eigenvalue weighted by Gasteiger charge is 2.36. The van der Waals surface area contributed by atoms with Gasteiger partial charge in [0.2, 0.25) is 0 Å². The van der Waals surface area contributed by atoms with E-state index in [0.29, 0.717) is 18.1 Å². The van der Waals surface area contributed by atoms with Crippen LogP contribution in [0.4, 0.5) is 0 Å². The molecule has 0 amide bonds. The molecule has 1 aromatic carbocycles. The summed E-state index contributed by atoms with van der Waals surface area (Å²) in [6.45, 7) is 11.4. The average Bonchev–Trinajstić information content (AvgIpc) is 2.71. The fraction of sp³-hybridized carbons (Fsp3) is 0.708. The maximum Gasteiger partial charge on any atom is 0.191 e. The number of aliphatic imine (C=N–C) groups is 1. The van der Waals surface area contributed by atoms with Crippen LogP contribution in [0, 0.1) is 5.41 Å². The van der Waals surface area contributed by atoms with Crippen LogP contribution in [0.2, 0.25) is 0 Å². The second-order valence-electron chi connectivity index (χ2n) is 8.88. The Morgan fingerprint density at radius 2 is 2.13 bits per heavy atom. The fourth-order valence-corrected chi connectivity index (χ4v) is 4.41. The topological polar surface area (TPSA) is 58.1 Å². The van der Waals surface area contributed by atoms with Gasteiger partial charge in [-0.25, -0.2) is 4.99 Å². The van der Waals surface area contributed by atoms with E-state index in [4.69, 9.17) is 14.5 Å². The van der Waals surface area contributed by atoms with Crippen molar-refractivity contribution in [3.8, 4) is 0 Å². The number of hydrogen-bond donors (Lipinski definition) is 2. The van der Waals surface area contributed by atoms with E-state index in [2.05, 4.69) is 53.6 Å². The second kappa shape index (κ2) is 11.7. The number of nitrogens with zero attached hydrogens (tertiary/aromatic N) is 2. The summed E-state index contributed by atoms with van der Waals surface area (Å²) in [6.07, 6.45) is 5.34. The van der Waals surface area contributed by atoms with Gasteiger partial charge in [-0.1, -0.05) is 30.7 Å². The van der Waals surface area contributed by atoms with Gasteiger partial charge in [0, 0.05) is 46.4 Å². The molecule has 0 aromatic heterocycles. The number of guanidine groups is 1. The third-order valence-electron chi connectivity index (χ3n) is 6.37. The van der Waals surface area contributed by atoms with Crippen molar-refractivity contribution in [2.24, 2.45) is 10.4 Å². The summed E-state index contributed by atoms with van der Waals surface area (Å²) in [5.74, 6) is 0.911. The first-order chi connectivity index (χ1) is 14.6. The lowest BCUT2D eigenvalue weighted by Crippen LogP contribution is -2.46. The van der Waals surface area contributed by atoms with E-state index in [1.807, 2.05) is 0 Å². The van der Waals surface area contributed by atoms with Crippen molar-refractivity contribution in [3.05, 3.63) is 35.4 Å². The maximum absolute atomic E-state index is 5.66. The van der Waals surface area contributed by atoms with Crippen LogP contribution in [0.15, 0.2) is 29.3 Å². The molecule has 1 saturated heterocycles. The van der Waals surface area contributed by atoms with E-state index in [9.17, 15) is 0 Å². The summed E-state index contributed by atoms with van der Waals surface area (Å²) in [7, 11) is 1.79. The number of hydrogen-bond acceptors (Lipinski definition) is 4. The van der Waals surface area contributed by atoms with E-state index in [1.165, 1.54) is 30.4 Å². The van der Waals surface area contributed by atoms with Crippen LogP contribution in [0.5, 0.6) is 0 Å². The monoisotopic (exact) mass is 416 g/mol. The first-order valence-electron chi connectivity index (χ1n) is 11.6. The largest absolute Gasteiger partial charge is 0.385 e. The van der Waals surface area contributed by atoms with Crippen LogP contribution in [0.3, 0.4) is 0 Å². The Hall–Kier alpha value is -1.63. The van der Waals surface area contributed by atoms with Gasteiger partial charge < -0.3 is 20.1 Å². The van der Waals surface area contributed by atoms with Crippen molar-refractivity contribution in [1.82, 2.24) is 15.5 Å². The highest BCUT2D eigenvalue weighted by molar-refractivity contribution is 5.79. The lowest BCUT2D eigenvalue weighted by molar-refractivity contribution is -0.0212. The van der Waals surface area contributed by atoms with Crippen molar-refractivity contribution < 1.29 is 9.47 Å². The Kier molecular flexibility index (Phi) is 8.97. The van der Waals surface area contributed by atoms with Gasteiger partial charge in [-0.3, -0.25) is 4.90 Å². The molecule has 6 nitrogen and oxygen atoms in total. The minimum atomic E-state index is 0.322. The summed E-state index contributed by atoms with van der Waals surface area (Å²) in [6, 6.07) is 8.83. The molecule has 1 aliphatic carbocycles. The number of benzene rings is 1. The number of rotatable bonds is 10. The Morgan fingerprint density at radius 1 is 1.30 bits per heavy atom. The zero-order valence-corrected chi connectivity index (χ0v) is 19.1. The molecule has 30 heavy (non-hydrogen) atoms. The van der Waals surface area contributed by atoms with Crippen molar-refractivity contribution in [3.63, 3.8) is 0 Å². The number of ether oxygens (including phenoxy) is 2. The molecule has 1 aliphatic heterocycles. The predicted octanol–water partition coefficient (Wildman–Crippen LogP) is 3.17. The van der Waals surface area contributed by atoms with E-state index in [-0.39, 0.29) is 0 Å². The molecular weight excluding hydrogens is 376 g/mol. The standard InChI is InChI=1S/C24H40N4O2/c1-4-25-23(27-19-24(9-6-10-24)11-13-29-3)26-16-21-7-5-8-22(15-21)18-28-12-14-30-20(2)17-28/h5,7-8,15,20H,4,6,9-14,16-19H2,1-3H3,(H2,25,26,27). The van der Waals surface area contributed by atoms with Gasteiger partial charge in [0.05, 0.1) is 19.3 Å². The van der Waals surface area contributed by atoms with Crippen LogP contribution in [0.25, 0.3) is 0 Å². The molecule has 0 bridgehead atoms. The molecule has 2 fully saturated rings. The molecule has 3 rings (SSSR count). The molecule has 2 aliphatic rings. The number of methoxy groups -OCH3 is 1. The third-order valence-corrected chi connectivity index (χ3v) is 6.37. The smallest absolute Gasteiger partial charge is 0.191 e. The van der Waals surface area contributed by atoms with Crippen LogP contribution in [0.1, 0.15) is 50.7 Å². The number of nitrogens with one attached hydrogen (secondary N) is 2. The van der Waals surface area contributed by atoms with Crippen molar-refractivity contribution in [1.29, 1.82) is 0 Å². The van der Waals surface area contributed by atoms with Crippen LogP contribution < -0.4 is 10.6 Å². The minimum absolute atomic E-state index is 0.322. The first-order valence-corrected chi connectivity index (χ1v) is 11.6. The zero-order chi connectivity index (χ0) is 21.2. The first kappa shape index (κ1) is 23.0. The molecule has 2 N–H and O–H groups in total. The van der Waals surface area contributed by atoms with Gasteiger partial charge >= 0.3 is 0 Å². The van der Waals surface area contributed by atoms with Gasteiger partial charge in [0.15, 0.2) is 5.96 Å². The van der Waals surface area contributed by atoms with Crippen molar-refractivity contribution in [2.45, 2.75) is 58.7 Å². The molecule has 1 saturated carbocycles. The average molecular weight is 417 g/mol. The summed E-state index contributed by atoms with van der Waals surface area (Å²) in [5.41, 5.74) is 2.98. The van der Waals surface area contributed by atoms with E-state index >= 15 is 0 Å². The van der Waals surface area contributed by atoms with Gasteiger partial charge in [0.1, 0.15) is 0 Å². The van der Waals surface area contributed by atoms with Crippen LogP contribution in [-0.4, -0.2) is 63.5 Å². The Morgan fingerprint density at radius 3 is 2.83 bits per heavy atom. The van der Waals surface area contributed by atoms with Crippen molar-refractivity contribution in [2.75, 3.05) is 46.5 Å². The van der Waals surface area contributed by atoms with E-state index in [1.54, 1.807) is 7.11 Å². The third kappa shape index (κ3) is 6.96. The van der Waals surface area contributed by atoms with Gasteiger partial charge in [0.25, 0.3) is 0 Å². The fourth-order valence-electron chi connectivity index (χ4n) is 4.41. The van der Waals surface area contributed by atoms with Crippen LogP contribution in [-0.2, 0) is 22.6 Å². The zero-order valence-electron chi connectivity index (χ0n) is 19.1. The van der Waals surface area contributed by atoms with Crippen LogP contribution >= 0.6 is 0 Å². The Labute approximate surface area is 182 Å². The Bertz CT molecular complexity index is 675. The maximum atomic E-state index is 5.66. The summed E-state index contributed by atoms with van der Waals surface area (Å²) < 4.78 is 11.0. The SMILES string of the molecule is CCNC(=NCc1cccc(CN2CCOC(C)C2)c1)NCC1(CCOC)CCC1. The van der Waals surface area contributed by atoms with Gasteiger partial charge in [-0.05, 0) is 49.7 Å². The molecule has 168 valence electrons. The summed E-state index contributed by atoms with van der Waals surface area (Å²) in [5, 5.41) is 6.99. The highest BCUT2D eigenvalue weighted by Crippen LogP contribution is 2.43. The molecule has 1 atom stereocenters. The highest BCUT2D eigenvalue weighted by atomic mass is 16.5. The van der Waals surface area contributed by atoms with Crippen molar-refractivity contribution >= 4 is 5.96 Å². The molecular formula is C24H40N4O2. The molecule has 1 heterocycles. The van der Waals surface area contributed by atoms with Gasteiger partial charge in [-0.15, -0.1) is 0 Å². The summed E-state index contributed by atoms with van der Waals surface area (Å²) in [4.78, 5) is 7.33. The van der Waals surface area contributed by atoms with E-state index < -0.39 is 0 Å². The minimum Gasteiger partial charge on any atom is -0.385 e.